The van der Waals surface area contributed by atoms with Crippen LogP contribution in [0.15, 0.2) is 18.5 Å². The monoisotopic (exact) mass is 167 g/mol. The van der Waals surface area contributed by atoms with Crippen molar-refractivity contribution in [3.8, 4) is 5.75 Å². The van der Waals surface area contributed by atoms with Gasteiger partial charge in [0.15, 0.2) is 0 Å². The van der Waals surface area contributed by atoms with E-state index in [1.165, 1.54) is 0 Å². The molecule has 0 amide bonds. The molecule has 0 unspecified atom stereocenters. The number of rotatable bonds is 4. The third-order valence-corrected chi connectivity index (χ3v) is 1.54. The Bertz CT molecular complexity index is 229. The average Bonchev–Trinajstić information content (AvgIpc) is 2.53. The van der Waals surface area contributed by atoms with E-state index in [9.17, 15) is 4.79 Å². The summed E-state index contributed by atoms with van der Waals surface area (Å²) in [5, 5.41) is 0. The molecule has 0 aliphatic heterocycles. The van der Waals surface area contributed by atoms with Gasteiger partial charge in [0, 0.05) is 18.8 Å². The standard InChI is InChI=1S/C9H13NO2/c1-2-3-4-9(11)12-8-5-6-10-7-8/h5-7,10H,2-4H2,1H3. The molecular weight excluding hydrogens is 154 g/mol. The molecule has 0 radical (unpaired) electrons. The van der Waals surface area contributed by atoms with Crippen molar-refractivity contribution in [2.24, 2.45) is 0 Å². The van der Waals surface area contributed by atoms with Crippen LogP contribution in [0.5, 0.6) is 5.75 Å². The molecule has 1 N–H and O–H groups in total. The maximum atomic E-state index is 11.0. The molecule has 12 heavy (non-hydrogen) atoms. The van der Waals surface area contributed by atoms with E-state index >= 15 is 0 Å². The lowest BCUT2D eigenvalue weighted by molar-refractivity contribution is -0.134. The minimum atomic E-state index is -0.156. The van der Waals surface area contributed by atoms with Gasteiger partial charge in [0.2, 0.25) is 0 Å². The van der Waals surface area contributed by atoms with Crippen LogP contribution < -0.4 is 4.74 Å². The van der Waals surface area contributed by atoms with Crippen molar-refractivity contribution in [1.82, 2.24) is 4.98 Å². The topological polar surface area (TPSA) is 42.1 Å². The highest BCUT2D eigenvalue weighted by Gasteiger charge is 2.02. The van der Waals surface area contributed by atoms with E-state index in [0.717, 1.165) is 12.8 Å². The van der Waals surface area contributed by atoms with Crippen LogP contribution >= 0.6 is 0 Å². The molecule has 0 aliphatic carbocycles. The molecule has 1 rings (SSSR count). The Kier molecular flexibility index (Phi) is 3.38. The van der Waals surface area contributed by atoms with Gasteiger partial charge in [-0.15, -0.1) is 0 Å². The third kappa shape index (κ3) is 2.78. The van der Waals surface area contributed by atoms with E-state index in [-0.39, 0.29) is 5.97 Å². The number of aromatic nitrogens is 1. The van der Waals surface area contributed by atoms with E-state index in [1.807, 2.05) is 6.92 Å². The molecule has 0 bridgehead atoms. The first-order chi connectivity index (χ1) is 5.83. The van der Waals surface area contributed by atoms with Gasteiger partial charge in [-0.2, -0.15) is 0 Å². The largest absolute Gasteiger partial charge is 0.425 e. The number of hydrogen-bond acceptors (Lipinski definition) is 2. The number of ether oxygens (including phenoxy) is 1. The summed E-state index contributed by atoms with van der Waals surface area (Å²) in [6.07, 6.45) is 5.79. The first kappa shape index (κ1) is 8.84. The van der Waals surface area contributed by atoms with Crippen molar-refractivity contribution in [2.75, 3.05) is 0 Å². The summed E-state index contributed by atoms with van der Waals surface area (Å²) in [7, 11) is 0. The zero-order valence-electron chi connectivity index (χ0n) is 7.17. The molecule has 0 saturated heterocycles. The summed E-state index contributed by atoms with van der Waals surface area (Å²) < 4.78 is 4.99. The maximum Gasteiger partial charge on any atom is 0.311 e. The molecule has 1 aromatic heterocycles. The van der Waals surface area contributed by atoms with E-state index in [1.54, 1.807) is 18.5 Å². The fourth-order valence-corrected chi connectivity index (χ4v) is 0.876. The highest BCUT2D eigenvalue weighted by Crippen LogP contribution is 2.08. The van der Waals surface area contributed by atoms with E-state index < -0.39 is 0 Å². The third-order valence-electron chi connectivity index (χ3n) is 1.54. The number of hydrogen-bond donors (Lipinski definition) is 1. The number of aromatic amines is 1. The van der Waals surface area contributed by atoms with Gasteiger partial charge in [0.1, 0.15) is 5.75 Å². The summed E-state index contributed by atoms with van der Waals surface area (Å²) in [6, 6.07) is 1.73. The van der Waals surface area contributed by atoms with Gasteiger partial charge in [-0.1, -0.05) is 13.3 Å². The van der Waals surface area contributed by atoms with Crippen LogP contribution in [0.2, 0.25) is 0 Å². The van der Waals surface area contributed by atoms with Crippen LogP contribution in [0.25, 0.3) is 0 Å². The molecule has 66 valence electrons. The number of H-pyrrole nitrogens is 1. The first-order valence-corrected chi connectivity index (χ1v) is 4.16. The van der Waals surface area contributed by atoms with Crippen molar-refractivity contribution in [3.63, 3.8) is 0 Å². The molecule has 0 aliphatic rings. The zero-order chi connectivity index (χ0) is 8.81. The smallest absolute Gasteiger partial charge is 0.311 e. The highest BCUT2D eigenvalue weighted by atomic mass is 16.5. The Balaban J connectivity index is 2.27. The molecule has 3 nitrogen and oxygen atoms in total. The fourth-order valence-electron chi connectivity index (χ4n) is 0.876. The van der Waals surface area contributed by atoms with Gasteiger partial charge >= 0.3 is 5.97 Å². The quantitative estimate of drug-likeness (QED) is 0.698. The van der Waals surface area contributed by atoms with Gasteiger partial charge in [0.25, 0.3) is 0 Å². The Morgan fingerprint density at radius 1 is 1.67 bits per heavy atom. The minimum Gasteiger partial charge on any atom is -0.425 e. The van der Waals surface area contributed by atoms with Crippen LogP contribution in [0.1, 0.15) is 26.2 Å². The molecule has 3 heteroatoms. The Morgan fingerprint density at radius 2 is 2.50 bits per heavy atom. The average molecular weight is 167 g/mol. The van der Waals surface area contributed by atoms with E-state index in [0.29, 0.717) is 12.2 Å². The number of carbonyl (C=O) groups excluding carboxylic acids is 1. The van der Waals surface area contributed by atoms with Crippen molar-refractivity contribution in [3.05, 3.63) is 18.5 Å². The summed E-state index contributed by atoms with van der Waals surface area (Å²) in [4.78, 5) is 13.8. The summed E-state index contributed by atoms with van der Waals surface area (Å²) >= 11 is 0. The van der Waals surface area contributed by atoms with Crippen molar-refractivity contribution in [1.29, 1.82) is 0 Å². The summed E-state index contributed by atoms with van der Waals surface area (Å²) in [6.45, 7) is 2.05. The van der Waals surface area contributed by atoms with Crippen LogP contribution in [0, 0.1) is 0 Å². The zero-order valence-corrected chi connectivity index (χ0v) is 7.17. The van der Waals surface area contributed by atoms with Gasteiger partial charge < -0.3 is 9.72 Å². The van der Waals surface area contributed by atoms with Gasteiger partial charge in [-0.3, -0.25) is 4.79 Å². The van der Waals surface area contributed by atoms with Gasteiger partial charge in [0.05, 0.1) is 0 Å². The summed E-state index contributed by atoms with van der Waals surface area (Å²) in [5.74, 6) is 0.438. The van der Waals surface area contributed by atoms with Crippen molar-refractivity contribution < 1.29 is 9.53 Å². The van der Waals surface area contributed by atoms with Crippen molar-refractivity contribution >= 4 is 5.97 Å². The lowest BCUT2D eigenvalue weighted by atomic mass is 10.2. The van der Waals surface area contributed by atoms with E-state index in [2.05, 4.69) is 4.98 Å². The molecule has 0 aromatic carbocycles. The fraction of sp³-hybridized carbons (Fsp3) is 0.444. The highest BCUT2D eigenvalue weighted by molar-refractivity contribution is 5.72. The minimum absolute atomic E-state index is 0.156. The Morgan fingerprint density at radius 3 is 3.08 bits per heavy atom. The Labute approximate surface area is 71.7 Å². The first-order valence-electron chi connectivity index (χ1n) is 4.16. The number of carbonyl (C=O) groups is 1. The second-order valence-corrected chi connectivity index (χ2v) is 2.62. The van der Waals surface area contributed by atoms with Gasteiger partial charge in [-0.25, -0.2) is 0 Å². The normalized spacial score (nSPS) is 9.75. The SMILES string of the molecule is CCCCC(=O)Oc1cc[nH]c1. The van der Waals surface area contributed by atoms with Gasteiger partial charge in [-0.05, 0) is 12.5 Å². The molecule has 1 heterocycles. The Hall–Kier alpha value is -1.25. The molecular formula is C9H13NO2. The molecule has 0 spiro atoms. The van der Waals surface area contributed by atoms with E-state index in [4.69, 9.17) is 4.74 Å². The van der Waals surface area contributed by atoms with Crippen LogP contribution in [0.3, 0.4) is 0 Å². The second kappa shape index (κ2) is 4.59. The predicted octanol–water partition coefficient (Wildman–Crippen LogP) is 2.11. The number of esters is 1. The summed E-state index contributed by atoms with van der Waals surface area (Å²) in [5.41, 5.74) is 0. The lowest BCUT2D eigenvalue weighted by Gasteiger charge is -1.99. The maximum absolute atomic E-state index is 11.0. The van der Waals surface area contributed by atoms with Crippen LogP contribution in [0.4, 0.5) is 0 Å². The molecule has 0 atom stereocenters. The second-order valence-electron chi connectivity index (χ2n) is 2.62. The lowest BCUT2D eigenvalue weighted by Crippen LogP contribution is -2.06. The van der Waals surface area contributed by atoms with Crippen LogP contribution in [-0.4, -0.2) is 11.0 Å². The predicted molar refractivity (Wildman–Crippen MR) is 46.0 cm³/mol. The number of unbranched alkanes of at least 4 members (excludes halogenated alkanes) is 1. The molecule has 0 fully saturated rings. The van der Waals surface area contributed by atoms with Crippen molar-refractivity contribution in [2.45, 2.75) is 26.2 Å². The van der Waals surface area contributed by atoms with Crippen LogP contribution in [-0.2, 0) is 4.79 Å². The number of nitrogens with one attached hydrogen (secondary N) is 1. The molecule has 0 saturated carbocycles. The molecule has 1 aromatic rings.